The molecule has 0 saturated carbocycles. The zero-order chi connectivity index (χ0) is 16.5. The minimum absolute atomic E-state index is 0.448. The van der Waals surface area contributed by atoms with Gasteiger partial charge in [0.05, 0.1) is 0 Å². The summed E-state index contributed by atoms with van der Waals surface area (Å²) in [7, 11) is 2.20. The number of thiophene rings is 1. The van der Waals surface area contributed by atoms with Gasteiger partial charge in [-0.2, -0.15) is 0 Å². The molecule has 0 aliphatic carbocycles. The van der Waals surface area contributed by atoms with E-state index in [1.54, 1.807) is 0 Å². The maximum Gasteiger partial charge on any atom is 0.0372 e. The second-order valence-corrected chi connectivity index (χ2v) is 7.36. The van der Waals surface area contributed by atoms with Crippen LogP contribution in [0.15, 0.2) is 72.1 Å². The molecule has 0 bridgehead atoms. The summed E-state index contributed by atoms with van der Waals surface area (Å²) in [6.45, 7) is 2.31. The van der Waals surface area contributed by atoms with Crippen molar-refractivity contribution in [2.24, 2.45) is 0 Å². The van der Waals surface area contributed by atoms with Crippen LogP contribution in [0.25, 0.3) is 20.9 Å². The number of nitrogens with zero attached hydrogens (tertiary/aromatic N) is 1. The van der Waals surface area contributed by atoms with Gasteiger partial charge < -0.3 is 4.90 Å². The molecule has 0 aliphatic heterocycles. The monoisotopic (exact) mass is 331 g/mol. The van der Waals surface area contributed by atoms with Crippen molar-refractivity contribution in [3.05, 3.63) is 77.7 Å². The van der Waals surface area contributed by atoms with E-state index in [0.717, 1.165) is 6.42 Å². The van der Waals surface area contributed by atoms with Crippen molar-refractivity contribution in [3.8, 4) is 0 Å². The van der Waals surface area contributed by atoms with E-state index in [4.69, 9.17) is 0 Å². The Labute approximate surface area is 147 Å². The summed E-state index contributed by atoms with van der Waals surface area (Å²) in [5.41, 5.74) is 2.73. The molecular weight excluding hydrogens is 310 g/mol. The molecule has 1 heterocycles. The largest absolute Gasteiger partial charge is 0.372 e. The van der Waals surface area contributed by atoms with Gasteiger partial charge in [0.15, 0.2) is 0 Å². The van der Waals surface area contributed by atoms with Gasteiger partial charge in [0.25, 0.3) is 0 Å². The van der Waals surface area contributed by atoms with Crippen LogP contribution in [-0.2, 0) is 6.42 Å². The first-order valence-electron chi connectivity index (χ1n) is 8.39. The first-order chi connectivity index (χ1) is 11.7. The van der Waals surface area contributed by atoms with Crippen LogP contribution in [0.4, 0.5) is 5.69 Å². The van der Waals surface area contributed by atoms with E-state index >= 15 is 0 Å². The molecule has 0 N–H and O–H groups in total. The van der Waals surface area contributed by atoms with Crippen molar-refractivity contribution in [2.75, 3.05) is 11.9 Å². The van der Waals surface area contributed by atoms with E-state index in [1.807, 2.05) is 11.3 Å². The van der Waals surface area contributed by atoms with Crippen LogP contribution in [0, 0.1) is 0 Å². The fourth-order valence-corrected chi connectivity index (χ4v) is 4.27. The maximum absolute atomic E-state index is 2.39. The van der Waals surface area contributed by atoms with Crippen molar-refractivity contribution in [1.82, 2.24) is 0 Å². The third kappa shape index (κ3) is 2.78. The third-order valence-electron chi connectivity index (χ3n) is 4.88. The summed E-state index contributed by atoms with van der Waals surface area (Å²) in [6.07, 6.45) is 1.06. The quantitative estimate of drug-likeness (QED) is 0.435. The maximum atomic E-state index is 2.39. The molecule has 3 aromatic carbocycles. The van der Waals surface area contributed by atoms with Crippen molar-refractivity contribution >= 4 is 37.9 Å². The fraction of sp³-hybridized carbons (Fsp3) is 0.182. The van der Waals surface area contributed by atoms with E-state index in [0.29, 0.717) is 6.04 Å². The Morgan fingerprint density at radius 2 is 1.67 bits per heavy atom. The Bertz CT molecular complexity index is 985. The Morgan fingerprint density at radius 3 is 2.54 bits per heavy atom. The molecular formula is C22H21NS. The van der Waals surface area contributed by atoms with Gasteiger partial charge in [0.2, 0.25) is 0 Å². The first-order valence-corrected chi connectivity index (χ1v) is 9.27. The Morgan fingerprint density at radius 1 is 0.917 bits per heavy atom. The van der Waals surface area contributed by atoms with Crippen molar-refractivity contribution in [3.63, 3.8) is 0 Å². The van der Waals surface area contributed by atoms with Crippen LogP contribution in [0.1, 0.15) is 12.5 Å². The SMILES string of the molecule is CC(Cc1csc2ccccc12)N(C)c1ccc2ccccc2c1. The summed E-state index contributed by atoms with van der Waals surface area (Å²) >= 11 is 1.85. The molecule has 24 heavy (non-hydrogen) atoms. The van der Waals surface area contributed by atoms with Gasteiger partial charge in [0, 0.05) is 23.5 Å². The molecule has 0 amide bonds. The minimum atomic E-state index is 0.448. The lowest BCUT2D eigenvalue weighted by Gasteiger charge is -2.27. The van der Waals surface area contributed by atoms with Gasteiger partial charge in [-0.1, -0.05) is 48.5 Å². The zero-order valence-corrected chi connectivity index (χ0v) is 14.9. The molecule has 4 rings (SSSR count). The molecule has 1 atom stereocenters. The summed E-state index contributed by atoms with van der Waals surface area (Å²) < 4.78 is 1.38. The molecule has 1 aromatic heterocycles. The standard InChI is InChI=1S/C22H21NS/c1-16(13-19-15-24-22-10-6-5-9-21(19)22)23(2)20-12-11-17-7-3-4-8-18(17)14-20/h3-12,14-16H,13H2,1-2H3. The molecule has 4 aromatic rings. The lowest BCUT2D eigenvalue weighted by Crippen LogP contribution is -2.30. The molecule has 0 fully saturated rings. The smallest absolute Gasteiger partial charge is 0.0372 e. The van der Waals surface area contributed by atoms with Gasteiger partial charge in [0.1, 0.15) is 0 Å². The average Bonchev–Trinajstić information content (AvgIpc) is 3.03. The predicted octanol–water partition coefficient (Wildman–Crippen LogP) is 6.12. The number of likely N-dealkylation sites (N-methyl/N-ethyl adjacent to an activating group) is 1. The Balaban J connectivity index is 1.59. The van der Waals surface area contributed by atoms with Crippen molar-refractivity contribution in [1.29, 1.82) is 0 Å². The first kappa shape index (κ1) is 15.2. The highest BCUT2D eigenvalue weighted by Crippen LogP contribution is 2.29. The number of rotatable bonds is 4. The van der Waals surface area contributed by atoms with Gasteiger partial charge in [-0.3, -0.25) is 0 Å². The Kier molecular flexibility index (Phi) is 3.99. The molecule has 1 unspecified atom stereocenters. The zero-order valence-electron chi connectivity index (χ0n) is 14.1. The summed E-state index contributed by atoms with van der Waals surface area (Å²) in [5, 5.41) is 6.32. The molecule has 0 aliphatic rings. The van der Waals surface area contributed by atoms with Crippen LogP contribution < -0.4 is 4.90 Å². The van der Waals surface area contributed by atoms with Crippen LogP contribution >= 0.6 is 11.3 Å². The van der Waals surface area contributed by atoms with Crippen LogP contribution in [-0.4, -0.2) is 13.1 Å². The second-order valence-electron chi connectivity index (χ2n) is 6.45. The number of benzene rings is 3. The van der Waals surface area contributed by atoms with E-state index in [2.05, 4.69) is 91.0 Å². The highest BCUT2D eigenvalue weighted by molar-refractivity contribution is 7.17. The van der Waals surface area contributed by atoms with E-state index < -0.39 is 0 Å². The predicted molar refractivity (Wildman–Crippen MR) is 107 cm³/mol. The normalized spacial score (nSPS) is 12.6. The van der Waals surface area contributed by atoms with Gasteiger partial charge in [-0.25, -0.2) is 0 Å². The van der Waals surface area contributed by atoms with Gasteiger partial charge in [-0.05, 0) is 58.6 Å². The lowest BCUT2D eigenvalue weighted by atomic mass is 10.0. The van der Waals surface area contributed by atoms with Crippen LogP contribution in [0.5, 0.6) is 0 Å². The number of hydrogen-bond donors (Lipinski definition) is 0. The molecule has 0 saturated heterocycles. The summed E-state index contributed by atoms with van der Waals surface area (Å²) in [5.74, 6) is 0. The Hall–Kier alpha value is -2.32. The highest BCUT2D eigenvalue weighted by atomic mass is 32.1. The van der Waals surface area contributed by atoms with E-state index in [-0.39, 0.29) is 0 Å². The average molecular weight is 331 g/mol. The lowest BCUT2D eigenvalue weighted by molar-refractivity contribution is 0.686. The molecule has 1 nitrogen and oxygen atoms in total. The summed E-state index contributed by atoms with van der Waals surface area (Å²) in [4.78, 5) is 2.39. The van der Waals surface area contributed by atoms with Crippen molar-refractivity contribution < 1.29 is 0 Å². The number of hydrogen-bond acceptors (Lipinski definition) is 2. The second kappa shape index (κ2) is 6.29. The molecule has 0 spiro atoms. The van der Waals surface area contributed by atoms with Gasteiger partial charge in [-0.15, -0.1) is 11.3 Å². The molecule has 2 heteroatoms. The van der Waals surface area contributed by atoms with E-state index in [1.165, 1.54) is 32.1 Å². The van der Waals surface area contributed by atoms with Gasteiger partial charge >= 0.3 is 0 Å². The van der Waals surface area contributed by atoms with Crippen LogP contribution in [0.3, 0.4) is 0 Å². The minimum Gasteiger partial charge on any atom is -0.372 e. The highest BCUT2D eigenvalue weighted by Gasteiger charge is 2.13. The van der Waals surface area contributed by atoms with E-state index in [9.17, 15) is 0 Å². The molecule has 120 valence electrons. The number of anilines is 1. The fourth-order valence-electron chi connectivity index (χ4n) is 3.30. The topological polar surface area (TPSA) is 3.24 Å². The number of fused-ring (bicyclic) bond motifs is 2. The third-order valence-corrected chi connectivity index (χ3v) is 5.89. The van der Waals surface area contributed by atoms with Crippen molar-refractivity contribution in [2.45, 2.75) is 19.4 Å². The summed E-state index contributed by atoms with van der Waals surface area (Å²) in [6, 6.07) is 24.4. The van der Waals surface area contributed by atoms with Crippen LogP contribution in [0.2, 0.25) is 0 Å². The molecule has 0 radical (unpaired) electrons.